The summed E-state index contributed by atoms with van der Waals surface area (Å²) < 4.78 is 42.6. The number of nitrogens with one attached hydrogen (secondary N) is 1. The van der Waals surface area contributed by atoms with Crippen LogP contribution >= 0.6 is 0 Å². The molecule has 1 heterocycles. The number of hydrogen-bond donors (Lipinski definition) is 1. The first kappa shape index (κ1) is 18.7. The number of alkyl halides is 2. The second kappa shape index (κ2) is 7.37. The van der Waals surface area contributed by atoms with Gasteiger partial charge >= 0.3 is 12.6 Å². The molecule has 0 bridgehead atoms. The predicted molar refractivity (Wildman–Crippen MR) is 98.8 cm³/mol. The first-order valence-corrected chi connectivity index (χ1v) is 9.39. The van der Waals surface area contributed by atoms with E-state index in [2.05, 4.69) is 10.1 Å². The molecular weight excluding hydrogens is 369 g/mol. The highest BCUT2D eigenvalue weighted by atomic mass is 19.3. The number of carbonyl (C=O) groups is 1. The van der Waals surface area contributed by atoms with Gasteiger partial charge in [0.2, 0.25) is 0 Å². The average Bonchev–Trinajstić information content (AvgIpc) is 2.65. The number of fused-ring (bicyclic) bond motifs is 1. The summed E-state index contributed by atoms with van der Waals surface area (Å²) in [5, 5.41) is 2.70. The van der Waals surface area contributed by atoms with E-state index in [4.69, 9.17) is 0 Å². The maximum atomic E-state index is 13.9. The molecule has 4 rings (SSSR count). The van der Waals surface area contributed by atoms with Crippen molar-refractivity contribution in [1.29, 1.82) is 0 Å². The number of halogens is 3. The summed E-state index contributed by atoms with van der Waals surface area (Å²) in [5.74, 6) is -1.09. The zero-order chi connectivity index (χ0) is 19.7. The molecule has 2 aromatic rings. The molecule has 148 valence electrons. The quantitative estimate of drug-likeness (QED) is 0.764. The molecule has 2 aliphatic rings. The van der Waals surface area contributed by atoms with Crippen LogP contribution in [-0.2, 0) is 5.54 Å². The fraction of sp³-hybridized carbons (Fsp3) is 0.381. The molecule has 0 aromatic heterocycles. The summed E-state index contributed by atoms with van der Waals surface area (Å²) >= 11 is 0. The first-order valence-electron chi connectivity index (χ1n) is 9.39. The van der Waals surface area contributed by atoms with Crippen molar-refractivity contribution in [2.24, 2.45) is 5.92 Å². The highest BCUT2D eigenvalue weighted by Crippen LogP contribution is 2.53. The molecule has 4 nitrogen and oxygen atoms in total. The number of amides is 2. The Morgan fingerprint density at radius 3 is 2.64 bits per heavy atom. The van der Waals surface area contributed by atoms with Crippen LogP contribution < -0.4 is 10.1 Å². The fourth-order valence-electron chi connectivity index (χ4n) is 4.58. The molecule has 2 unspecified atom stereocenters. The maximum absolute atomic E-state index is 13.9. The van der Waals surface area contributed by atoms with Crippen molar-refractivity contribution >= 4 is 11.7 Å². The Bertz CT molecular complexity index is 862. The lowest BCUT2D eigenvalue weighted by Crippen LogP contribution is -2.68. The van der Waals surface area contributed by atoms with Crippen molar-refractivity contribution in [3.63, 3.8) is 0 Å². The van der Waals surface area contributed by atoms with Crippen molar-refractivity contribution in [2.45, 2.75) is 37.8 Å². The van der Waals surface area contributed by atoms with Crippen molar-refractivity contribution in [3.05, 3.63) is 59.9 Å². The van der Waals surface area contributed by atoms with Crippen LogP contribution in [-0.4, -0.2) is 24.1 Å². The molecule has 2 atom stereocenters. The van der Waals surface area contributed by atoms with E-state index < -0.39 is 18.2 Å². The normalized spacial score (nSPS) is 23.7. The van der Waals surface area contributed by atoms with Gasteiger partial charge in [-0.3, -0.25) is 0 Å². The summed E-state index contributed by atoms with van der Waals surface area (Å²) in [6, 6.07) is 13.1. The van der Waals surface area contributed by atoms with Crippen LogP contribution in [0.25, 0.3) is 0 Å². The largest absolute Gasteiger partial charge is 0.432 e. The topological polar surface area (TPSA) is 41.6 Å². The molecule has 0 radical (unpaired) electrons. The number of nitrogens with zero attached hydrogens (tertiary/aromatic N) is 1. The highest BCUT2D eigenvalue weighted by Gasteiger charge is 2.57. The number of hydrogen-bond acceptors (Lipinski definition) is 2. The zero-order valence-corrected chi connectivity index (χ0v) is 15.2. The monoisotopic (exact) mass is 390 g/mol. The van der Waals surface area contributed by atoms with Crippen molar-refractivity contribution in [1.82, 2.24) is 4.90 Å². The van der Waals surface area contributed by atoms with Crippen LogP contribution in [0.15, 0.2) is 48.5 Å². The van der Waals surface area contributed by atoms with Crippen molar-refractivity contribution in [2.75, 3.05) is 11.9 Å². The average molecular weight is 390 g/mol. The van der Waals surface area contributed by atoms with E-state index in [9.17, 15) is 18.0 Å². The molecule has 2 amide bonds. The van der Waals surface area contributed by atoms with Crippen molar-refractivity contribution in [3.8, 4) is 5.75 Å². The third-order valence-electron chi connectivity index (χ3n) is 5.84. The number of urea groups is 1. The van der Waals surface area contributed by atoms with Crippen LogP contribution in [0.3, 0.4) is 0 Å². The van der Waals surface area contributed by atoms with Gasteiger partial charge in [-0.15, -0.1) is 0 Å². The van der Waals surface area contributed by atoms with Crippen LogP contribution in [0.2, 0.25) is 0 Å². The lowest BCUT2D eigenvalue weighted by atomic mass is 9.62. The minimum absolute atomic E-state index is 0.201. The number of likely N-dealkylation sites (tertiary alicyclic amines) is 1. The van der Waals surface area contributed by atoms with Crippen LogP contribution in [0, 0.1) is 11.7 Å². The predicted octanol–water partition coefficient (Wildman–Crippen LogP) is 5.36. The minimum atomic E-state index is -3.11. The second-order valence-corrected chi connectivity index (χ2v) is 7.30. The molecule has 1 saturated heterocycles. The SMILES string of the molecule is O=C(Nc1ccc(OC(F)F)c(F)c1)N1CC2CCCCC21c1ccccc1. The third kappa shape index (κ3) is 3.19. The minimum Gasteiger partial charge on any atom is -0.432 e. The Labute approximate surface area is 161 Å². The third-order valence-corrected chi connectivity index (χ3v) is 5.84. The Morgan fingerprint density at radius 1 is 1.18 bits per heavy atom. The molecule has 0 spiro atoms. The van der Waals surface area contributed by atoms with E-state index in [0.29, 0.717) is 12.5 Å². The van der Waals surface area contributed by atoms with Gasteiger partial charge in [-0.2, -0.15) is 8.78 Å². The molecule has 1 aliphatic heterocycles. The van der Waals surface area contributed by atoms with E-state index in [1.165, 1.54) is 6.07 Å². The van der Waals surface area contributed by atoms with E-state index in [0.717, 1.165) is 43.4 Å². The summed E-state index contributed by atoms with van der Waals surface area (Å²) in [7, 11) is 0. The lowest BCUT2D eigenvalue weighted by molar-refractivity contribution is -0.0756. The Morgan fingerprint density at radius 2 is 1.96 bits per heavy atom. The smallest absolute Gasteiger partial charge is 0.387 e. The van der Waals surface area contributed by atoms with Crippen LogP contribution in [0.4, 0.5) is 23.7 Å². The highest BCUT2D eigenvalue weighted by molar-refractivity contribution is 5.91. The molecule has 2 aromatic carbocycles. The molecular formula is C21H21F3N2O2. The van der Waals surface area contributed by atoms with Crippen LogP contribution in [0.1, 0.15) is 31.2 Å². The number of carbonyl (C=O) groups excluding carboxylic acids is 1. The summed E-state index contributed by atoms with van der Waals surface area (Å²) in [5.41, 5.74) is 0.987. The van der Waals surface area contributed by atoms with Gasteiger partial charge < -0.3 is 15.0 Å². The number of anilines is 1. The molecule has 1 N–H and O–H groups in total. The summed E-state index contributed by atoms with van der Waals surface area (Å²) in [6.07, 6.45) is 4.17. The maximum Gasteiger partial charge on any atom is 0.387 e. The number of rotatable bonds is 4. The van der Waals surface area contributed by atoms with Crippen molar-refractivity contribution < 1.29 is 22.7 Å². The zero-order valence-electron chi connectivity index (χ0n) is 15.2. The van der Waals surface area contributed by atoms with Gasteiger partial charge in [0.05, 0.1) is 5.54 Å². The molecule has 2 fully saturated rings. The molecule has 1 saturated carbocycles. The van der Waals surface area contributed by atoms with Crippen LogP contribution in [0.5, 0.6) is 5.75 Å². The van der Waals surface area contributed by atoms with Gasteiger partial charge in [-0.25, -0.2) is 9.18 Å². The molecule has 1 aliphatic carbocycles. The molecule has 28 heavy (non-hydrogen) atoms. The van der Waals surface area contributed by atoms with Gasteiger partial charge in [-0.1, -0.05) is 43.2 Å². The first-order chi connectivity index (χ1) is 13.5. The van der Waals surface area contributed by atoms with Gasteiger partial charge in [0, 0.05) is 24.2 Å². The van der Waals surface area contributed by atoms with Gasteiger partial charge in [0.15, 0.2) is 11.6 Å². The Hall–Kier alpha value is -2.70. The Balaban J connectivity index is 1.54. The fourth-order valence-corrected chi connectivity index (χ4v) is 4.58. The Kier molecular flexibility index (Phi) is 4.91. The van der Waals surface area contributed by atoms with Gasteiger partial charge in [0.1, 0.15) is 0 Å². The second-order valence-electron chi connectivity index (χ2n) is 7.30. The number of benzene rings is 2. The number of ether oxygens (including phenoxy) is 1. The standard InChI is InChI=1S/C21H21F3N2O2/c22-17-12-16(9-10-18(17)28-19(23)24)25-20(27)26-13-15-8-4-5-11-21(15,26)14-6-2-1-3-7-14/h1-3,6-7,9-10,12,15,19H,4-5,8,11,13H2,(H,25,27). The van der Waals surface area contributed by atoms with Gasteiger partial charge in [0.25, 0.3) is 0 Å². The summed E-state index contributed by atoms with van der Waals surface area (Å²) in [6.45, 7) is -2.46. The lowest BCUT2D eigenvalue weighted by Gasteiger charge is -2.61. The van der Waals surface area contributed by atoms with Gasteiger partial charge in [-0.05, 0) is 30.5 Å². The summed E-state index contributed by atoms with van der Waals surface area (Å²) in [4.78, 5) is 14.8. The molecule has 7 heteroatoms. The van der Waals surface area contributed by atoms with E-state index in [1.54, 1.807) is 0 Å². The van der Waals surface area contributed by atoms with E-state index >= 15 is 0 Å². The van der Waals surface area contributed by atoms with E-state index in [1.807, 2.05) is 35.2 Å². The van der Waals surface area contributed by atoms with E-state index in [-0.39, 0.29) is 17.3 Å².